The number of benzene rings is 1. The van der Waals surface area contributed by atoms with Crippen LogP contribution in [0.25, 0.3) is 0 Å². The first-order valence-corrected chi connectivity index (χ1v) is 8.34. The molecule has 0 aliphatic heterocycles. The summed E-state index contributed by atoms with van der Waals surface area (Å²) in [7, 11) is 0. The maximum atomic E-state index is 11.7. The van der Waals surface area contributed by atoms with Crippen LogP contribution < -0.4 is 0 Å². The molecule has 0 atom stereocenters. The number of aryl methyl sites for hydroxylation is 1. The Hall–Kier alpha value is -2.08. The first-order valence-electron chi connectivity index (χ1n) is 8.34. The Kier molecular flexibility index (Phi) is 9.53. The van der Waals surface area contributed by atoms with Gasteiger partial charge in [-0.3, -0.25) is 4.89 Å². The Labute approximate surface area is 142 Å². The third kappa shape index (κ3) is 8.53. The average molecular weight is 338 g/mol. The number of carbonyl (C=O) groups excluding carboxylic acids is 2. The highest BCUT2D eigenvalue weighted by Crippen LogP contribution is 2.11. The van der Waals surface area contributed by atoms with E-state index in [1.807, 2.05) is 26.0 Å². The van der Waals surface area contributed by atoms with Crippen molar-refractivity contribution in [3.8, 4) is 0 Å². The smallest absolute Gasteiger partial charge is 0.432 e. The van der Waals surface area contributed by atoms with Gasteiger partial charge in [0, 0.05) is 0 Å². The molecule has 0 aromatic heterocycles. The van der Waals surface area contributed by atoms with E-state index in [1.54, 1.807) is 12.1 Å². The lowest BCUT2D eigenvalue weighted by Gasteiger charge is -2.06. The Morgan fingerprint density at radius 2 is 1.71 bits per heavy atom. The number of rotatable bonds is 10. The molecular weight excluding hydrogens is 312 g/mol. The van der Waals surface area contributed by atoms with Gasteiger partial charge in [-0.05, 0) is 36.5 Å². The van der Waals surface area contributed by atoms with Gasteiger partial charge in [-0.1, -0.05) is 52.2 Å². The zero-order chi connectivity index (χ0) is 17.8. The van der Waals surface area contributed by atoms with E-state index in [2.05, 4.69) is 26.5 Å². The highest BCUT2D eigenvalue weighted by atomic mass is 17.5. The Bertz CT molecular complexity index is 495. The third-order valence-corrected chi connectivity index (χ3v) is 3.25. The fourth-order valence-electron chi connectivity index (χ4n) is 1.95. The van der Waals surface area contributed by atoms with Gasteiger partial charge in [-0.2, -0.15) is 0 Å². The first-order chi connectivity index (χ1) is 11.5. The van der Waals surface area contributed by atoms with Crippen molar-refractivity contribution < 1.29 is 29.1 Å². The van der Waals surface area contributed by atoms with Crippen LogP contribution in [0.2, 0.25) is 0 Å². The fraction of sp³-hybridized carbons (Fsp3) is 0.556. The lowest BCUT2D eigenvalue weighted by molar-refractivity contribution is -0.452. The highest BCUT2D eigenvalue weighted by Gasteiger charge is 2.12. The van der Waals surface area contributed by atoms with Crippen LogP contribution in [0.1, 0.15) is 62.4 Å². The van der Waals surface area contributed by atoms with E-state index in [-0.39, 0.29) is 12.5 Å². The van der Waals surface area contributed by atoms with Gasteiger partial charge < -0.3 is 4.74 Å². The molecule has 6 heteroatoms. The summed E-state index contributed by atoms with van der Waals surface area (Å²) in [6.45, 7) is 6.12. The lowest BCUT2D eigenvalue weighted by atomic mass is 10.0. The molecular formula is C18H26O6. The molecule has 0 aliphatic carbocycles. The normalized spacial score (nSPS) is 10.5. The van der Waals surface area contributed by atoms with Crippen LogP contribution in [0, 0.1) is 5.92 Å². The SMILES string of the molecule is CCCCCCc1ccc(C(=O)OOOC(=O)OCC(C)C)cc1. The van der Waals surface area contributed by atoms with Crippen LogP contribution in [0.5, 0.6) is 0 Å². The second-order valence-corrected chi connectivity index (χ2v) is 5.98. The van der Waals surface area contributed by atoms with Crippen molar-refractivity contribution in [2.24, 2.45) is 5.92 Å². The van der Waals surface area contributed by atoms with Gasteiger partial charge in [0.25, 0.3) is 0 Å². The number of ether oxygens (including phenoxy) is 1. The van der Waals surface area contributed by atoms with E-state index in [0.29, 0.717) is 5.56 Å². The lowest BCUT2D eigenvalue weighted by Crippen LogP contribution is -2.14. The summed E-state index contributed by atoms with van der Waals surface area (Å²) in [5, 5.41) is 4.14. The fourth-order valence-corrected chi connectivity index (χ4v) is 1.95. The van der Waals surface area contributed by atoms with E-state index in [0.717, 1.165) is 18.4 Å². The summed E-state index contributed by atoms with van der Waals surface area (Å²) < 4.78 is 4.68. The van der Waals surface area contributed by atoms with Crippen molar-refractivity contribution in [2.75, 3.05) is 6.61 Å². The van der Waals surface area contributed by atoms with Crippen molar-refractivity contribution >= 4 is 12.1 Å². The van der Waals surface area contributed by atoms with Crippen LogP contribution in [0.4, 0.5) is 4.79 Å². The molecule has 0 heterocycles. The molecule has 0 amide bonds. The van der Waals surface area contributed by atoms with E-state index in [9.17, 15) is 9.59 Å². The molecule has 0 spiro atoms. The largest absolute Gasteiger partial charge is 0.543 e. The quantitative estimate of drug-likeness (QED) is 0.268. The molecule has 0 saturated carbocycles. The van der Waals surface area contributed by atoms with Crippen LogP contribution in [0.15, 0.2) is 24.3 Å². The Balaban J connectivity index is 2.28. The van der Waals surface area contributed by atoms with Crippen LogP contribution in [-0.2, 0) is 26.0 Å². The second-order valence-electron chi connectivity index (χ2n) is 5.98. The number of hydrogen-bond donors (Lipinski definition) is 0. The topological polar surface area (TPSA) is 71.1 Å². The molecule has 24 heavy (non-hydrogen) atoms. The highest BCUT2D eigenvalue weighted by molar-refractivity contribution is 5.88. The van der Waals surface area contributed by atoms with Crippen molar-refractivity contribution in [3.63, 3.8) is 0 Å². The molecule has 0 N–H and O–H groups in total. The van der Waals surface area contributed by atoms with Gasteiger partial charge in [0.1, 0.15) is 0 Å². The maximum Gasteiger partial charge on any atom is 0.543 e. The molecule has 134 valence electrons. The summed E-state index contributed by atoms with van der Waals surface area (Å²) in [6, 6.07) is 7.05. The third-order valence-electron chi connectivity index (χ3n) is 3.25. The predicted molar refractivity (Wildman–Crippen MR) is 88.1 cm³/mol. The van der Waals surface area contributed by atoms with Crippen molar-refractivity contribution in [1.82, 2.24) is 0 Å². The van der Waals surface area contributed by atoms with E-state index in [1.165, 1.54) is 19.3 Å². The number of unbranched alkanes of at least 4 members (excludes halogenated alkanes) is 3. The number of carbonyl (C=O) groups is 2. The molecule has 6 nitrogen and oxygen atoms in total. The first kappa shape index (κ1) is 20.0. The van der Waals surface area contributed by atoms with Gasteiger partial charge in [-0.15, -0.1) is 0 Å². The van der Waals surface area contributed by atoms with Gasteiger partial charge in [0.15, 0.2) is 0 Å². The van der Waals surface area contributed by atoms with Crippen LogP contribution in [-0.4, -0.2) is 18.7 Å². The van der Waals surface area contributed by atoms with Crippen molar-refractivity contribution in [3.05, 3.63) is 35.4 Å². The zero-order valence-corrected chi connectivity index (χ0v) is 14.6. The van der Waals surface area contributed by atoms with Gasteiger partial charge in [-0.25, -0.2) is 14.5 Å². The average Bonchev–Trinajstić information content (AvgIpc) is 2.57. The van der Waals surface area contributed by atoms with Gasteiger partial charge in [0.05, 0.1) is 17.2 Å². The molecule has 0 bridgehead atoms. The zero-order valence-electron chi connectivity index (χ0n) is 14.6. The molecule has 0 aliphatic rings. The van der Waals surface area contributed by atoms with Crippen LogP contribution >= 0.6 is 0 Å². The predicted octanol–water partition coefficient (Wildman–Crippen LogP) is 4.62. The molecule has 1 aromatic rings. The van der Waals surface area contributed by atoms with E-state index in [4.69, 9.17) is 0 Å². The molecule has 0 saturated heterocycles. The van der Waals surface area contributed by atoms with Crippen molar-refractivity contribution in [1.29, 1.82) is 0 Å². The van der Waals surface area contributed by atoms with E-state index >= 15 is 0 Å². The van der Waals surface area contributed by atoms with E-state index < -0.39 is 12.1 Å². The minimum Gasteiger partial charge on any atom is -0.432 e. The summed E-state index contributed by atoms with van der Waals surface area (Å²) in [4.78, 5) is 31.4. The Morgan fingerprint density at radius 1 is 1.00 bits per heavy atom. The minimum atomic E-state index is -1.06. The number of hydrogen-bond acceptors (Lipinski definition) is 6. The van der Waals surface area contributed by atoms with Crippen LogP contribution in [0.3, 0.4) is 0 Å². The molecule has 1 rings (SSSR count). The minimum absolute atomic E-state index is 0.167. The summed E-state index contributed by atoms with van der Waals surface area (Å²) >= 11 is 0. The summed E-state index contributed by atoms with van der Waals surface area (Å²) in [5.74, 6) is -0.579. The summed E-state index contributed by atoms with van der Waals surface area (Å²) in [5.41, 5.74) is 1.48. The standard InChI is InChI=1S/C18H26O6/c1-4-5-6-7-8-15-9-11-16(12-10-15)17(19)22-24-23-18(20)21-13-14(2)3/h9-12,14H,4-8,13H2,1-3H3. The Morgan fingerprint density at radius 3 is 2.33 bits per heavy atom. The molecule has 0 unspecified atom stereocenters. The van der Waals surface area contributed by atoms with Crippen molar-refractivity contribution in [2.45, 2.75) is 52.9 Å². The van der Waals surface area contributed by atoms with Gasteiger partial charge in [0.2, 0.25) is 0 Å². The van der Waals surface area contributed by atoms with Gasteiger partial charge >= 0.3 is 12.1 Å². The second kappa shape index (κ2) is 11.5. The maximum absolute atomic E-state index is 11.7. The molecule has 0 fully saturated rings. The molecule has 1 aromatic carbocycles. The monoisotopic (exact) mass is 338 g/mol. The molecule has 0 radical (unpaired) electrons. The summed E-state index contributed by atoms with van der Waals surface area (Å²) in [6.07, 6.45) is 4.71.